The Morgan fingerprint density at radius 1 is 1.07 bits per heavy atom. The van der Waals surface area contributed by atoms with E-state index in [2.05, 4.69) is 5.32 Å². The molecule has 3 N–H and O–H groups in total. The molecule has 1 heterocycles. The minimum atomic E-state index is -0.539. The SMILES string of the molecule is COc1ccc(CC(NC(N)=O)c2cccs2)cc1OCc1ccccc1. The summed E-state index contributed by atoms with van der Waals surface area (Å²) in [6.07, 6.45) is 0.606. The van der Waals surface area contributed by atoms with E-state index < -0.39 is 6.03 Å². The molecule has 27 heavy (non-hydrogen) atoms. The Labute approximate surface area is 162 Å². The predicted molar refractivity (Wildman–Crippen MR) is 107 cm³/mol. The highest BCUT2D eigenvalue weighted by molar-refractivity contribution is 7.10. The Hall–Kier alpha value is -2.99. The quantitative estimate of drug-likeness (QED) is 0.610. The van der Waals surface area contributed by atoms with Crippen molar-refractivity contribution in [2.75, 3.05) is 7.11 Å². The van der Waals surface area contributed by atoms with Gasteiger partial charge in [0.2, 0.25) is 0 Å². The first-order chi connectivity index (χ1) is 13.2. The van der Waals surface area contributed by atoms with Gasteiger partial charge >= 0.3 is 6.03 Å². The second-order valence-corrected chi connectivity index (χ2v) is 7.02. The zero-order valence-corrected chi connectivity index (χ0v) is 15.9. The first-order valence-corrected chi connectivity index (χ1v) is 9.46. The van der Waals surface area contributed by atoms with Crippen molar-refractivity contribution in [3.63, 3.8) is 0 Å². The van der Waals surface area contributed by atoms with Crippen LogP contribution in [0, 0.1) is 0 Å². The van der Waals surface area contributed by atoms with Gasteiger partial charge in [-0.2, -0.15) is 0 Å². The molecule has 0 spiro atoms. The van der Waals surface area contributed by atoms with Crippen molar-refractivity contribution < 1.29 is 14.3 Å². The molecule has 0 fully saturated rings. The van der Waals surface area contributed by atoms with Gasteiger partial charge in [0.05, 0.1) is 13.2 Å². The van der Waals surface area contributed by atoms with Crippen LogP contribution >= 0.6 is 11.3 Å². The lowest BCUT2D eigenvalue weighted by atomic mass is 10.0. The molecule has 5 nitrogen and oxygen atoms in total. The first-order valence-electron chi connectivity index (χ1n) is 8.58. The van der Waals surface area contributed by atoms with Crippen molar-refractivity contribution in [3.8, 4) is 11.5 Å². The summed E-state index contributed by atoms with van der Waals surface area (Å²) >= 11 is 1.59. The van der Waals surface area contributed by atoms with Gasteiger partial charge in [-0.1, -0.05) is 42.5 Å². The average Bonchev–Trinajstić information content (AvgIpc) is 3.21. The van der Waals surface area contributed by atoms with Crippen LogP contribution in [0.2, 0.25) is 0 Å². The number of hydrogen-bond donors (Lipinski definition) is 2. The Morgan fingerprint density at radius 3 is 2.56 bits per heavy atom. The normalized spacial score (nSPS) is 11.6. The molecule has 0 aliphatic heterocycles. The third-order valence-electron chi connectivity index (χ3n) is 4.11. The molecule has 6 heteroatoms. The van der Waals surface area contributed by atoms with E-state index in [1.807, 2.05) is 66.0 Å². The van der Waals surface area contributed by atoms with E-state index in [0.29, 0.717) is 24.5 Å². The topological polar surface area (TPSA) is 73.6 Å². The minimum Gasteiger partial charge on any atom is -0.493 e. The van der Waals surface area contributed by atoms with E-state index in [1.54, 1.807) is 18.4 Å². The van der Waals surface area contributed by atoms with Crippen LogP contribution in [0.15, 0.2) is 66.0 Å². The van der Waals surface area contributed by atoms with Gasteiger partial charge in [0.1, 0.15) is 6.61 Å². The summed E-state index contributed by atoms with van der Waals surface area (Å²) in [6.45, 7) is 0.453. The number of ether oxygens (including phenoxy) is 2. The maximum absolute atomic E-state index is 11.4. The molecule has 2 amide bonds. The van der Waals surface area contributed by atoms with Crippen LogP contribution in [-0.2, 0) is 13.0 Å². The Balaban J connectivity index is 1.77. The van der Waals surface area contributed by atoms with Gasteiger partial charge in [0.25, 0.3) is 0 Å². The molecule has 3 aromatic rings. The third-order valence-corrected chi connectivity index (χ3v) is 5.09. The molecule has 1 aromatic heterocycles. The molecule has 0 aliphatic carbocycles. The first kappa shape index (κ1) is 18.8. The summed E-state index contributed by atoms with van der Waals surface area (Å²) in [5.41, 5.74) is 7.45. The number of amides is 2. The number of carbonyl (C=O) groups excluding carboxylic acids is 1. The number of primary amides is 1. The van der Waals surface area contributed by atoms with Crippen LogP contribution in [0.4, 0.5) is 4.79 Å². The van der Waals surface area contributed by atoms with Crippen LogP contribution in [0.25, 0.3) is 0 Å². The summed E-state index contributed by atoms with van der Waals surface area (Å²) in [5, 5.41) is 4.79. The summed E-state index contributed by atoms with van der Waals surface area (Å²) < 4.78 is 11.4. The number of nitrogens with one attached hydrogen (secondary N) is 1. The number of urea groups is 1. The molecule has 1 atom stereocenters. The zero-order valence-electron chi connectivity index (χ0n) is 15.1. The van der Waals surface area contributed by atoms with Crippen molar-refractivity contribution in [2.45, 2.75) is 19.1 Å². The van der Waals surface area contributed by atoms with Gasteiger partial charge in [-0.3, -0.25) is 0 Å². The number of hydrogen-bond acceptors (Lipinski definition) is 4. The molecule has 0 aliphatic rings. The van der Waals surface area contributed by atoms with Crippen LogP contribution < -0.4 is 20.5 Å². The fraction of sp³-hybridized carbons (Fsp3) is 0.190. The molecule has 0 bridgehead atoms. The highest BCUT2D eigenvalue weighted by atomic mass is 32.1. The van der Waals surface area contributed by atoms with Gasteiger partial charge in [-0.25, -0.2) is 4.79 Å². The lowest BCUT2D eigenvalue weighted by Crippen LogP contribution is -2.33. The Morgan fingerprint density at radius 2 is 1.89 bits per heavy atom. The van der Waals surface area contributed by atoms with Crippen LogP contribution in [0.5, 0.6) is 11.5 Å². The third kappa shape index (κ3) is 5.24. The number of rotatable bonds is 8. The number of carbonyl (C=O) groups is 1. The van der Waals surface area contributed by atoms with E-state index in [1.165, 1.54) is 0 Å². The van der Waals surface area contributed by atoms with Crippen LogP contribution in [0.3, 0.4) is 0 Å². The maximum Gasteiger partial charge on any atom is 0.312 e. The predicted octanol–water partition coefficient (Wildman–Crippen LogP) is 4.29. The summed E-state index contributed by atoms with van der Waals surface area (Å²) in [5.74, 6) is 1.34. The summed E-state index contributed by atoms with van der Waals surface area (Å²) in [4.78, 5) is 12.4. The van der Waals surface area contributed by atoms with Gasteiger partial charge in [0.15, 0.2) is 11.5 Å². The maximum atomic E-state index is 11.4. The smallest absolute Gasteiger partial charge is 0.312 e. The molecule has 0 radical (unpaired) electrons. The number of nitrogens with two attached hydrogens (primary N) is 1. The molecule has 3 rings (SSSR count). The van der Waals surface area contributed by atoms with Crippen molar-refractivity contribution in [3.05, 3.63) is 82.0 Å². The number of benzene rings is 2. The lowest BCUT2D eigenvalue weighted by molar-refractivity contribution is 0.245. The van der Waals surface area contributed by atoms with Gasteiger partial charge in [-0.05, 0) is 41.1 Å². The number of thiophene rings is 1. The molecule has 2 aromatic carbocycles. The molecular formula is C21H22N2O3S. The zero-order chi connectivity index (χ0) is 19.1. The standard InChI is InChI=1S/C21H22N2O3S/c1-25-18-10-9-16(12-17(23-21(22)24)20-8-5-11-27-20)13-19(18)26-14-15-6-3-2-4-7-15/h2-11,13,17H,12,14H2,1H3,(H3,22,23,24). The van der Waals surface area contributed by atoms with Crippen molar-refractivity contribution in [1.82, 2.24) is 5.32 Å². The fourth-order valence-corrected chi connectivity index (χ4v) is 3.59. The average molecular weight is 382 g/mol. The summed E-state index contributed by atoms with van der Waals surface area (Å²) in [6, 6.07) is 19.0. The van der Waals surface area contributed by atoms with Crippen molar-refractivity contribution in [2.24, 2.45) is 5.73 Å². The highest BCUT2D eigenvalue weighted by Gasteiger charge is 2.16. The summed E-state index contributed by atoms with van der Waals surface area (Å²) in [7, 11) is 1.62. The van der Waals surface area contributed by atoms with Crippen molar-refractivity contribution >= 4 is 17.4 Å². The largest absolute Gasteiger partial charge is 0.493 e. The van der Waals surface area contributed by atoms with Gasteiger partial charge < -0.3 is 20.5 Å². The van der Waals surface area contributed by atoms with E-state index in [4.69, 9.17) is 15.2 Å². The minimum absolute atomic E-state index is 0.183. The van der Waals surface area contributed by atoms with E-state index in [0.717, 1.165) is 16.0 Å². The second-order valence-electron chi connectivity index (χ2n) is 6.04. The molecule has 0 saturated heterocycles. The van der Waals surface area contributed by atoms with Crippen LogP contribution in [-0.4, -0.2) is 13.1 Å². The Kier molecular flexibility index (Phi) is 6.33. The molecule has 0 saturated carbocycles. The molecule has 140 valence electrons. The van der Waals surface area contributed by atoms with E-state index >= 15 is 0 Å². The van der Waals surface area contributed by atoms with Crippen LogP contribution in [0.1, 0.15) is 22.0 Å². The number of methoxy groups -OCH3 is 1. The molecule has 1 unspecified atom stereocenters. The fourth-order valence-electron chi connectivity index (χ4n) is 2.82. The van der Waals surface area contributed by atoms with E-state index in [9.17, 15) is 4.79 Å². The second kappa shape index (κ2) is 9.09. The van der Waals surface area contributed by atoms with Gasteiger partial charge in [-0.15, -0.1) is 11.3 Å². The van der Waals surface area contributed by atoms with Gasteiger partial charge in [0, 0.05) is 4.88 Å². The van der Waals surface area contributed by atoms with Crippen molar-refractivity contribution in [1.29, 1.82) is 0 Å². The lowest BCUT2D eigenvalue weighted by Gasteiger charge is -2.18. The highest BCUT2D eigenvalue weighted by Crippen LogP contribution is 2.31. The molecular weight excluding hydrogens is 360 g/mol. The monoisotopic (exact) mass is 382 g/mol. The Bertz CT molecular complexity index is 866. The van der Waals surface area contributed by atoms with E-state index in [-0.39, 0.29) is 6.04 Å².